The molecule has 5 heteroatoms. The van der Waals surface area contributed by atoms with E-state index in [1.807, 2.05) is 0 Å². The van der Waals surface area contributed by atoms with Crippen molar-refractivity contribution in [3.05, 3.63) is 0 Å². The van der Waals surface area contributed by atoms with Crippen molar-refractivity contribution in [3.63, 3.8) is 0 Å². The fraction of sp³-hybridized carbons (Fsp3) is 1.00. The van der Waals surface area contributed by atoms with Crippen LogP contribution in [0.1, 0.15) is 58.8 Å². The second-order valence-electron chi connectivity index (χ2n) is 5.81. The average molecular weight is 291 g/mol. The van der Waals surface area contributed by atoms with E-state index in [-0.39, 0.29) is 6.54 Å². The number of aliphatic hydroxyl groups excluding tert-OH is 1. The van der Waals surface area contributed by atoms with E-state index >= 15 is 0 Å². The molecule has 0 aliphatic rings. The number of ether oxygens (including phenoxy) is 1. The maximum Gasteiger partial charge on any atom is 0.166 e. The van der Waals surface area contributed by atoms with Crippen molar-refractivity contribution in [2.45, 2.75) is 65.1 Å². The molecule has 0 spiro atoms. The third kappa shape index (κ3) is 15.9. The van der Waals surface area contributed by atoms with Crippen LogP contribution in [0.5, 0.6) is 0 Å². The third-order valence-corrected chi connectivity index (χ3v) is 3.15. The molecule has 0 aromatic carbocycles. The summed E-state index contributed by atoms with van der Waals surface area (Å²) in [4.78, 5) is 0. The molecule has 0 atom stereocenters. The summed E-state index contributed by atoms with van der Waals surface area (Å²) in [5.74, 6) is 0.816. The molecule has 3 N–H and O–H groups in total. The molecule has 0 heterocycles. The number of aliphatic hydroxyl groups is 2. The molecule has 0 aromatic rings. The molecule has 0 rings (SSSR count). The molecule has 0 aromatic heterocycles. The van der Waals surface area contributed by atoms with E-state index in [4.69, 9.17) is 14.9 Å². The lowest BCUT2D eigenvalue weighted by molar-refractivity contribution is -0.159. The highest BCUT2D eigenvalue weighted by Crippen LogP contribution is 2.10. The van der Waals surface area contributed by atoms with E-state index in [1.165, 1.54) is 32.1 Å². The van der Waals surface area contributed by atoms with Gasteiger partial charge in [0.05, 0.1) is 6.54 Å². The summed E-state index contributed by atoms with van der Waals surface area (Å²) in [6.07, 6.45) is 6.80. The van der Waals surface area contributed by atoms with Gasteiger partial charge in [0.1, 0.15) is 0 Å². The maximum atomic E-state index is 9.24. The van der Waals surface area contributed by atoms with Gasteiger partial charge in [-0.2, -0.15) is 5.06 Å². The Labute approximate surface area is 123 Å². The van der Waals surface area contributed by atoms with Crippen molar-refractivity contribution < 1.29 is 20.2 Å². The lowest BCUT2D eigenvalue weighted by Gasteiger charge is -2.15. The van der Waals surface area contributed by atoms with Crippen LogP contribution in [-0.4, -0.2) is 53.1 Å². The molecule has 0 saturated heterocycles. The molecule has 0 amide bonds. The van der Waals surface area contributed by atoms with Crippen molar-refractivity contribution in [2.75, 3.05) is 26.3 Å². The normalized spacial score (nSPS) is 12.0. The van der Waals surface area contributed by atoms with Gasteiger partial charge in [-0.3, -0.25) is 0 Å². The van der Waals surface area contributed by atoms with Crippen molar-refractivity contribution in [1.29, 1.82) is 0 Å². The van der Waals surface area contributed by atoms with Crippen LogP contribution in [0.2, 0.25) is 0 Å². The molecule has 0 fully saturated rings. The number of hydrogen-bond acceptors (Lipinski definition) is 5. The lowest BCUT2D eigenvalue weighted by Crippen LogP contribution is -2.30. The number of unbranched alkanes of at least 4 members (excludes halogenated alkanes) is 4. The zero-order valence-corrected chi connectivity index (χ0v) is 13.1. The summed E-state index contributed by atoms with van der Waals surface area (Å²) in [6.45, 7) is 6.17. The van der Waals surface area contributed by atoms with E-state index in [0.717, 1.165) is 24.0 Å². The Hall–Kier alpha value is -0.200. The van der Waals surface area contributed by atoms with Crippen LogP contribution in [0.25, 0.3) is 0 Å². The molecular weight excluding hydrogens is 258 g/mol. The zero-order chi connectivity index (χ0) is 15.2. The van der Waals surface area contributed by atoms with Crippen molar-refractivity contribution >= 4 is 0 Å². The van der Waals surface area contributed by atoms with E-state index in [0.29, 0.717) is 19.6 Å². The Balaban J connectivity index is 3.10. The van der Waals surface area contributed by atoms with E-state index in [1.54, 1.807) is 0 Å². The van der Waals surface area contributed by atoms with Crippen LogP contribution in [0, 0.1) is 5.92 Å². The van der Waals surface area contributed by atoms with Gasteiger partial charge in [0.2, 0.25) is 0 Å². The highest BCUT2D eigenvalue weighted by atomic mass is 16.5. The molecule has 122 valence electrons. The van der Waals surface area contributed by atoms with E-state index < -0.39 is 6.29 Å². The standard InChI is InChI=1S/C15H33NO4/c1-14(2)9-6-4-3-5-7-11-20-12-8-10-16(19)13-15(17)18/h14-15,17-19H,3-13H2,1-2H3. The van der Waals surface area contributed by atoms with Gasteiger partial charge in [-0.15, -0.1) is 0 Å². The molecule has 0 aliphatic carbocycles. The third-order valence-electron chi connectivity index (χ3n) is 3.15. The second kappa shape index (κ2) is 13.8. The predicted octanol–water partition coefficient (Wildman–Crippen LogP) is 2.39. The van der Waals surface area contributed by atoms with Crippen LogP contribution < -0.4 is 0 Å². The zero-order valence-electron chi connectivity index (χ0n) is 13.1. The topological polar surface area (TPSA) is 73.2 Å². The molecular formula is C15H33NO4. The van der Waals surface area contributed by atoms with Crippen LogP contribution in [0.4, 0.5) is 0 Å². The number of nitrogens with zero attached hydrogens (tertiary/aromatic N) is 1. The minimum atomic E-state index is -1.49. The fourth-order valence-electron chi connectivity index (χ4n) is 2.02. The van der Waals surface area contributed by atoms with Gasteiger partial charge in [0.15, 0.2) is 6.29 Å². The number of hydrogen-bond donors (Lipinski definition) is 3. The molecule has 0 aliphatic heterocycles. The first-order valence-electron chi connectivity index (χ1n) is 7.90. The highest BCUT2D eigenvalue weighted by molar-refractivity contribution is 4.49. The maximum absolute atomic E-state index is 9.24. The summed E-state index contributed by atoms with van der Waals surface area (Å²) < 4.78 is 5.47. The minimum absolute atomic E-state index is 0.142. The van der Waals surface area contributed by atoms with Crippen molar-refractivity contribution in [3.8, 4) is 0 Å². The summed E-state index contributed by atoms with van der Waals surface area (Å²) in [5.41, 5.74) is 0. The van der Waals surface area contributed by atoms with Crippen LogP contribution in [0.15, 0.2) is 0 Å². The molecule has 0 bridgehead atoms. The monoisotopic (exact) mass is 291 g/mol. The summed E-state index contributed by atoms with van der Waals surface area (Å²) in [7, 11) is 0. The Morgan fingerprint density at radius 1 is 0.900 bits per heavy atom. The summed E-state index contributed by atoms with van der Waals surface area (Å²) >= 11 is 0. The summed E-state index contributed by atoms with van der Waals surface area (Å²) in [5, 5.41) is 27.4. The van der Waals surface area contributed by atoms with Gasteiger partial charge >= 0.3 is 0 Å². The fourth-order valence-corrected chi connectivity index (χ4v) is 2.02. The van der Waals surface area contributed by atoms with Gasteiger partial charge in [-0.1, -0.05) is 46.0 Å². The highest BCUT2D eigenvalue weighted by Gasteiger charge is 2.05. The average Bonchev–Trinajstić information content (AvgIpc) is 2.34. The first-order chi connectivity index (χ1) is 9.52. The first kappa shape index (κ1) is 19.8. The quantitative estimate of drug-likeness (QED) is 0.260. The predicted molar refractivity (Wildman–Crippen MR) is 79.6 cm³/mol. The largest absolute Gasteiger partial charge is 0.381 e. The second-order valence-corrected chi connectivity index (χ2v) is 5.81. The van der Waals surface area contributed by atoms with Gasteiger partial charge in [0.25, 0.3) is 0 Å². The molecule has 5 nitrogen and oxygen atoms in total. The van der Waals surface area contributed by atoms with Gasteiger partial charge in [0, 0.05) is 19.8 Å². The van der Waals surface area contributed by atoms with E-state index in [9.17, 15) is 5.21 Å². The Kier molecular flexibility index (Phi) is 13.6. The van der Waals surface area contributed by atoms with E-state index in [2.05, 4.69) is 13.8 Å². The molecule has 0 radical (unpaired) electrons. The van der Waals surface area contributed by atoms with Gasteiger partial charge < -0.3 is 20.2 Å². The smallest absolute Gasteiger partial charge is 0.166 e. The van der Waals surface area contributed by atoms with Gasteiger partial charge in [-0.25, -0.2) is 0 Å². The first-order valence-corrected chi connectivity index (χ1v) is 7.90. The van der Waals surface area contributed by atoms with Crippen molar-refractivity contribution in [2.24, 2.45) is 5.92 Å². The van der Waals surface area contributed by atoms with Crippen LogP contribution in [0.3, 0.4) is 0 Å². The molecule has 0 unspecified atom stereocenters. The molecule has 20 heavy (non-hydrogen) atoms. The summed E-state index contributed by atoms with van der Waals surface area (Å²) in [6, 6.07) is 0. The SMILES string of the molecule is CC(C)CCCCCCCOCCCN(O)CC(O)O. The minimum Gasteiger partial charge on any atom is -0.381 e. The number of hydroxylamine groups is 2. The Morgan fingerprint density at radius 2 is 1.50 bits per heavy atom. The lowest BCUT2D eigenvalue weighted by atomic mass is 10.0. The Bertz CT molecular complexity index is 200. The molecule has 0 saturated carbocycles. The Morgan fingerprint density at radius 3 is 2.15 bits per heavy atom. The van der Waals surface area contributed by atoms with Crippen LogP contribution in [-0.2, 0) is 4.74 Å². The number of rotatable bonds is 14. The van der Waals surface area contributed by atoms with Crippen LogP contribution >= 0.6 is 0 Å². The van der Waals surface area contributed by atoms with Gasteiger partial charge in [-0.05, 0) is 18.8 Å². The van der Waals surface area contributed by atoms with Crippen molar-refractivity contribution in [1.82, 2.24) is 5.06 Å².